The maximum Gasteiger partial charge on any atom is 0.221 e. The van der Waals surface area contributed by atoms with Crippen molar-refractivity contribution in [1.29, 1.82) is 0 Å². The van der Waals surface area contributed by atoms with E-state index in [0.29, 0.717) is 18.9 Å². The smallest absolute Gasteiger partial charge is 0.221 e. The summed E-state index contributed by atoms with van der Waals surface area (Å²) in [6, 6.07) is 7.96. The largest absolute Gasteiger partial charge is 0.356 e. The average molecular weight is 283 g/mol. The third-order valence-corrected chi connectivity index (χ3v) is 3.09. The van der Waals surface area contributed by atoms with Gasteiger partial charge in [0.15, 0.2) is 0 Å². The van der Waals surface area contributed by atoms with Crippen molar-refractivity contribution in [2.24, 2.45) is 5.92 Å². The van der Waals surface area contributed by atoms with Crippen LogP contribution in [0.4, 0.5) is 0 Å². The number of amides is 1. The van der Waals surface area contributed by atoms with E-state index in [1.54, 1.807) is 0 Å². The zero-order chi connectivity index (χ0) is 14.3. The molecule has 2 N–H and O–H groups in total. The van der Waals surface area contributed by atoms with Crippen LogP contribution in [0.15, 0.2) is 24.3 Å². The lowest BCUT2D eigenvalue weighted by atomic mass is 10.1. The highest BCUT2D eigenvalue weighted by atomic mass is 35.5. The molecule has 0 spiro atoms. The lowest BCUT2D eigenvalue weighted by molar-refractivity contribution is -0.121. The second-order valence-corrected chi connectivity index (χ2v) is 5.62. The van der Waals surface area contributed by atoms with E-state index in [9.17, 15) is 4.79 Å². The molecule has 0 aliphatic carbocycles. The molecule has 0 aromatic heterocycles. The quantitative estimate of drug-likeness (QED) is 0.807. The topological polar surface area (TPSA) is 41.1 Å². The number of carbonyl (C=O) groups excluding carboxylic acids is 1. The van der Waals surface area contributed by atoms with Crippen LogP contribution in [-0.4, -0.2) is 19.0 Å². The van der Waals surface area contributed by atoms with Crippen LogP contribution in [0.25, 0.3) is 0 Å². The van der Waals surface area contributed by atoms with Gasteiger partial charge in [-0.3, -0.25) is 4.79 Å². The third-order valence-electron chi connectivity index (χ3n) is 2.86. The van der Waals surface area contributed by atoms with Crippen LogP contribution < -0.4 is 10.6 Å². The predicted octanol–water partition coefficient (Wildman–Crippen LogP) is 3.15. The van der Waals surface area contributed by atoms with Crippen molar-refractivity contribution >= 4 is 17.5 Å². The molecule has 1 aromatic carbocycles. The molecule has 0 heterocycles. The Morgan fingerprint density at radius 3 is 2.68 bits per heavy atom. The molecule has 19 heavy (non-hydrogen) atoms. The molecule has 0 radical (unpaired) electrons. The fourth-order valence-corrected chi connectivity index (χ4v) is 1.90. The average Bonchev–Trinajstić information content (AvgIpc) is 2.36. The van der Waals surface area contributed by atoms with Crippen molar-refractivity contribution in [3.63, 3.8) is 0 Å². The van der Waals surface area contributed by atoms with Gasteiger partial charge in [-0.25, -0.2) is 0 Å². The Morgan fingerprint density at radius 2 is 2.05 bits per heavy atom. The van der Waals surface area contributed by atoms with Gasteiger partial charge in [0, 0.05) is 30.6 Å². The van der Waals surface area contributed by atoms with Gasteiger partial charge in [-0.1, -0.05) is 37.6 Å². The third kappa shape index (κ3) is 6.60. The molecule has 4 heteroatoms. The Kier molecular flexibility index (Phi) is 6.89. The van der Waals surface area contributed by atoms with E-state index in [1.165, 1.54) is 0 Å². The maximum absolute atomic E-state index is 11.5. The Labute approximate surface area is 120 Å². The molecule has 0 bridgehead atoms. The fraction of sp³-hybridized carbons (Fsp3) is 0.533. The van der Waals surface area contributed by atoms with Crippen molar-refractivity contribution in [3.8, 4) is 0 Å². The van der Waals surface area contributed by atoms with Crippen molar-refractivity contribution < 1.29 is 4.79 Å². The predicted molar refractivity (Wildman–Crippen MR) is 80.3 cm³/mol. The summed E-state index contributed by atoms with van der Waals surface area (Å²) < 4.78 is 0. The Morgan fingerprint density at radius 1 is 1.32 bits per heavy atom. The summed E-state index contributed by atoms with van der Waals surface area (Å²) >= 11 is 5.95. The number of hydrogen-bond acceptors (Lipinski definition) is 2. The van der Waals surface area contributed by atoms with Gasteiger partial charge in [-0.05, 0) is 30.5 Å². The first-order valence-electron chi connectivity index (χ1n) is 6.74. The van der Waals surface area contributed by atoms with Crippen LogP contribution >= 0.6 is 11.6 Å². The second-order valence-electron chi connectivity index (χ2n) is 5.18. The van der Waals surface area contributed by atoms with Crippen LogP contribution in [0, 0.1) is 5.92 Å². The van der Waals surface area contributed by atoms with Crippen LogP contribution in [0.3, 0.4) is 0 Å². The highest BCUT2D eigenvalue weighted by molar-refractivity contribution is 6.30. The highest BCUT2D eigenvalue weighted by Crippen LogP contribution is 2.17. The zero-order valence-electron chi connectivity index (χ0n) is 11.9. The summed E-state index contributed by atoms with van der Waals surface area (Å²) in [5.74, 6) is 0.585. The molecule has 1 unspecified atom stereocenters. The van der Waals surface area contributed by atoms with Crippen LogP contribution in [-0.2, 0) is 4.79 Å². The second kappa shape index (κ2) is 8.18. The first-order chi connectivity index (χ1) is 8.99. The van der Waals surface area contributed by atoms with E-state index >= 15 is 0 Å². The number of nitrogens with one attached hydrogen (secondary N) is 2. The van der Waals surface area contributed by atoms with Gasteiger partial charge >= 0.3 is 0 Å². The molecule has 106 valence electrons. The molecule has 0 aliphatic heterocycles. The first-order valence-corrected chi connectivity index (χ1v) is 7.12. The summed E-state index contributed by atoms with van der Waals surface area (Å²) in [6.07, 6.45) is 0.498. The Balaban J connectivity index is 2.27. The van der Waals surface area contributed by atoms with Crippen LogP contribution in [0.2, 0.25) is 5.02 Å². The number of halogens is 1. The molecule has 0 saturated heterocycles. The van der Waals surface area contributed by atoms with Crippen LogP contribution in [0.5, 0.6) is 0 Å². The molecule has 1 rings (SSSR count). The van der Waals surface area contributed by atoms with Gasteiger partial charge in [0.05, 0.1) is 0 Å². The molecule has 0 aliphatic rings. The van der Waals surface area contributed by atoms with Gasteiger partial charge < -0.3 is 10.6 Å². The van der Waals surface area contributed by atoms with Crippen molar-refractivity contribution in [2.75, 3.05) is 13.1 Å². The van der Waals surface area contributed by atoms with E-state index in [4.69, 9.17) is 11.6 Å². The van der Waals surface area contributed by atoms with Crippen LogP contribution in [0.1, 0.15) is 38.8 Å². The van der Waals surface area contributed by atoms with Crippen molar-refractivity contribution in [2.45, 2.75) is 33.2 Å². The highest BCUT2D eigenvalue weighted by Gasteiger charge is 2.07. The lowest BCUT2D eigenvalue weighted by Gasteiger charge is -2.14. The standard InChI is InChI=1S/C15H23ClN2O/c1-11(2)10-18-15(19)7-8-17-12(3)13-5-4-6-14(16)9-13/h4-6,9,11-12,17H,7-8,10H2,1-3H3,(H,18,19). The summed E-state index contributed by atoms with van der Waals surface area (Å²) in [6.45, 7) is 7.64. The molecular weight excluding hydrogens is 260 g/mol. The zero-order valence-corrected chi connectivity index (χ0v) is 12.6. The van der Waals surface area contributed by atoms with E-state index < -0.39 is 0 Å². The van der Waals surface area contributed by atoms with E-state index in [2.05, 4.69) is 31.4 Å². The number of rotatable bonds is 7. The Hall–Kier alpha value is -1.06. The normalized spacial score (nSPS) is 12.5. The summed E-state index contributed by atoms with van der Waals surface area (Å²) in [7, 11) is 0. The molecule has 0 fully saturated rings. The molecule has 1 atom stereocenters. The number of hydrogen-bond donors (Lipinski definition) is 2. The van der Waals surface area contributed by atoms with Gasteiger partial charge in [-0.15, -0.1) is 0 Å². The molecule has 1 amide bonds. The lowest BCUT2D eigenvalue weighted by Crippen LogP contribution is -2.31. The summed E-state index contributed by atoms with van der Waals surface area (Å²) in [5.41, 5.74) is 1.13. The SMILES string of the molecule is CC(C)CNC(=O)CCNC(C)c1cccc(Cl)c1. The minimum absolute atomic E-state index is 0.0968. The van der Waals surface area contributed by atoms with Gasteiger partial charge in [0.25, 0.3) is 0 Å². The molecule has 0 saturated carbocycles. The fourth-order valence-electron chi connectivity index (χ4n) is 1.70. The van der Waals surface area contributed by atoms with E-state index in [0.717, 1.165) is 17.1 Å². The molecular formula is C15H23ClN2O. The van der Waals surface area contributed by atoms with Gasteiger partial charge in [-0.2, -0.15) is 0 Å². The maximum atomic E-state index is 11.5. The Bertz CT molecular complexity index is 407. The first kappa shape index (κ1) is 16.0. The van der Waals surface area contributed by atoms with Crippen molar-refractivity contribution in [1.82, 2.24) is 10.6 Å². The van der Waals surface area contributed by atoms with E-state index in [-0.39, 0.29) is 11.9 Å². The minimum atomic E-state index is 0.0968. The molecule has 3 nitrogen and oxygen atoms in total. The number of benzene rings is 1. The van der Waals surface area contributed by atoms with E-state index in [1.807, 2.05) is 24.3 Å². The number of carbonyl (C=O) groups is 1. The summed E-state index contributed by atoms with van der Waals surface area (Å²) in [5, 5.41) is 6.97. The van der Waals surface area contributed by atoms with Gasteiger partial charge in [0.2, 0.25) is 5.91 Å². The van der Waals surface area contributed by atoms with Gasteiger partial charge in [0.1, 0.15) is 0 Å². The molecule has 1 aromatic rings. The minimum Gasteiger partial charge on any atom is -0.356 e. The van der Waals surface area contributed by atoms with Crippen molar-refractivity contribution in [3.05, 3.63) is 34.9 Å². The monoisotopic (exact) mass is 282 g/mol. The summed E-state index contributed by atoms with van der Waals surface area (Å²) in [4.78, 5) is 11.5.